The Labute approximate surface area is 111 Å². The van der Waals surface area contributed by atoms with Crippen molar-refractivity contribution in [2.75, 3.05) is 18.4 Å². The lowest BCUT2D eigenvalue weighted by Crippen LogP contribution is -2.40. The van der Waals surface area contributed by atoms with Gasteiger partial charge in [0.15, 0.2) is 5.03 Å². The van der Waals surface area contributed by atoms with Gasteiger partial charge in [-0.2, -0.15) is 22.6 Å². The van der Waals surface area contributed by atoms with Gasteiger partial charge in [0.25, 0.3) is 10.0 Å². The molecule has 0 aromatic carbocycles. The maximum Gasteiger partial charge on any atom is 0.402 e. The molecule has 1 aromatic rings. The number of nitrogens with zero attached hydrogens (tertiary/aromatic N) is 3. The summed E-state index contributed by atoms with van der Waals surface area (Å²) in [6.07, 6.45) is -3.37. The predicted octanol–water partition coefficient (Wildman–Crippen LogP) is 1.37. The Kier molecular flexibility index (Phi) is 4.78. The van der Waals surface area contributed by atoms with Crippen LogP contribution in [0.2, 0.25) is 0 Å². The number of halogens is 4. The lowest BCUT2D eigenvalue weighted by Gasteiger charge is -2.22. The van der Waals surface area contributed by atoms with E-state index in [1.807, 2.05) is 0 Å². The summed E-state index contributed by atoms with van der Waals surface area (Å²) in [4.78, 5) is 0. The number of hydrogen-bond donors (Lipinski definition) is 0. The maximum atomic E-state index is 12.4. The molecular formula is C8H11BrF3N3O2S. The molecule has 0 amide bonds. The second-order valence-corrected chi connectivity index (χ2v) is 6.11. The van der Waals surface area contributed by atoms with Crippen LogP contribution in [0.4, 0.5) is 13.2 Å². The minimum atomic E-state index is -4.59. The summed E-state index contributed by atoms with van der Waals surface area (Å²) in [5.74, 6) is 0. The average Bonchev–Trinajstić information content (AvgIpc) is 2.62. The fourth-order valence-electron chi connectivity index (χ4n) is 1.33. The third kappa shape index (κ3) is 3.69. The number of rotatable bonds is 5. The molecule has 0 unspecified atom stereocenters. The minimum absolute atomic E-state index is 0.111. The topological polar surface area (TPSA) is 55.2 Å². The molecule has 0 saturated carbocycles. The highest BCUT2D eigenvalue weighted by atomic mass is 79.9. The standard InChI is InChI=1S/C8H11BrF3N3O2S/c1-14-7(2-4-13-14)18(16,17)15(5-3-9)6-8(10,11)12/h2,4H,3,5-6H2,1H3. The maximum absolute atomic E-state index is 12.4. The molecule has 0 bridgehead atoms. The van der Waals surface area contributed by atoms with Gasteiger partial charge < -0.3 is 0 Å². The number of sulfonamides is 1. The van der Waals surface area contributed by atoms with Gasteiger partial charge >= 0.3 is 6.18 Å². The Morgan fingerprint density at radius 1 is 1.50 bits per heavy atom. The number of aryl methyl sites for hydroxylation is 1. The van der Waals surface area contributed by atoms with Crippen molar-refractivity contribution < 1.29 is 21.6 Å². The van der Waals surface area contributed by atoms with Crippen LogP contribution in [-0.2, 0) is 17.1 Å². The van der Waals surface area contributed by atoms with E-state index < -0.39 is 22.7 Å². The van der Waals surface area contributed by atoms with Crippen LogP contribution >= 0.6 is 15.9 Å². The van der Waals surface area contributed by atoms with E-state index in [2.05, 4.69) is 21.0 Å². The highest BCUT2D eigenvalue weighted by molar-refractivity contribution is 9.09. The molecule has 5 nitrogen and oxygen atoms in total. The second kappa shape index (κ2) is 5.57. The molecule has 0 aliphatic heterocycles. The van der Waals surface area contributed by atoms with E-state index in [4.69, 9.17) is 0 Å². The van der Waals surface area contributed by atoms with E-state index in [0.29, 0.717) is 4.31 Å². The second-order valence-electron chi connectivity index (χ2n) is 3.44. The summed E-state index contributed by atoms with van der Waals surface area (Å²) in [5.41, 5.74) is 0. The normalized spacial score (nSPS) is 13.2. The molecule has 1 aromatic heterocycles. The van der Waals surface area contributed by atoms with Gasteiger partial charge in [-0.05, 0) is 6.07 Å². The van der Waals surface area contributed by atoms with Gasteiger partial charge in [0, 0.05) is 18.9 Å². The van der Waals surface area contributed by atoms with E-state index >= 15 is 0 Å². The van der Waals surface area contributed by atoms with Crippen molar-refractivity contribution in [1.82, 2.24) is 14.1 Å². The van der Waals surface area contributed by atoms with Crippen molar-refractivity contribution >= 4 is 26.0 Å². The molecule has 0 atom stereocenters. The molecule has 0 fully saturated rings. The van der Waals surface area contributed by atoms with E-state index in [0.717, 1.165) is 10.7 Å². The van der Waals surface area contributed by atoms with Gasteiger partial charge in [-0.3, -0.25) is 4.68 Å². The molecule has 104 valence electrons. The lowest BCUT2D eigenvalue weighted by molar-refractivity contribution is -0.135. The average molecular weight is 350 g/mol. The van der Waals surface area contributed by atoms with E-state index in [9.17, 15) is 21.6 Å². The first-order valence-corrected chi connectivity index (χ1v) is 7.35. The molecule has 0 spiro atoms. The highest BCUT2D eigenvalue weighted by Gasteiger charge is 2.37. The summed E-state index contributed by atoms with van der Waals surface area (Å²) in [6.45, 7) is -1.79. The summed E-state index contributed by atoms with van der Waals surface area (Å²) >= 11 is 2.94. The van der Waals surface area contributed by atoms with Gasteiger partial charge in [0.2, 0.25) is 0 Å². The van der Waals surface area contributed by atoms with Crippen LogP contribution in [0.5, 0.6) is 0 Å². The third-order valence-electron chi connectivity index (χ3n) is 2.07. The molecule has 0 N–H and O–H groups in total. The first-order valence-electron chi connectivity index (χ1n) is 4.79. The van der Waals surface area contributed by atoms with E-state index in [1.165, 1.54) is 13.2 Å². The van der Waals surface area contributed by atoms with Crippen molar-refractivity contribution in [2.24, 2.45) is 7.05 Å². The van der Waals surface area contributed by atoms with Gasteiger partial charge in [-0.25, -0.2) is 8.42 Å². The first kappa shape index (κ1) is 15.4. The zero-order valence-electron chi connectivity index (χ0n) is 9.35. The number of hydrogen-bond acceptors (Lipinski definition) is 3. The summed E-state index contributed by atoms with van der Waals surface area (Å²) in [7, 11) is -2.85. The summed E-state index contributed by atoms with van der Waals surface area (Å²) in [6, 6.07) is 1.16. The Morgan fingerprint density at radius 2 is 2.11 bits per heavy atom. The van der Waals surface area contributed by atoms with E-state index in [-0.39, 0.29) is 16.9 Å². The van der Waals surface area contributed by atoms with Crippen LogP contribution in [0.15, 0.2) is 17.3 Å². The van der Waals surface area contributed by atoms with Crippen molar-refractivity contribution in [3.63, 3.8) is 0 Å². The molecule has 1 heterocycles. The van der Waals surface area contributed by atoms with Crippen LogP contribution in [0.1, 0.15) is 0 Å². The molecule has 0 saturated heterocycles. The van der Waals surface area contributed by atoms with Crippen LogP contribution in [-0.4, -0.2) is 47.1 Å². The quantitative estimate of drug-likeness (QED) is 0.754. The van der Waals surface area contributed by atoms with Crippen LogP contribution < -0.4 is 0 Å². The molecule has 0 aliphatic carbocycles. The zero-order valence-corrected chi connectivity index (χ0v) is 11.8. The van der Waals surface area contributed by atoms with Gasteiger partial charge in [-0.1, -0.05) is 15.9 Å². The Balaban J connectivity index is 3.09. The molecular weight excluding hydrogens is 339 g/mol. The van der Waals surface area contributed by atoms with Gasteiger partial charge in [0.05, 0.1) is 6.20 Å². The highest BCUT2D eigenvalue weighted by Crippen LogP contribution is 2.22. The van der Waals surface area contributed by atoms with Crippen molar-refractivity contribution in [3.05, 3.63) is 12.3 Å². The largest absolute Gasteiger partial charge is 0.402 e. The monoisotopic (exact) mass is 349 g/mol. The lowest BCUT2D eigenvalue weighted by atomic mass is 10.6. The van der Waals surface area contributed by atoms with E-state index in [1.54, 1.807) is 0 Å². The molecule has 10 heteroatoms. The number of alkyl halides is 4. The molecule has 18 heavy (non-hydrogen) atoms. The smallest absolute Gasteiger partial charge is 0.256 e. The van der Waals surface area contributed by atoms with Crippen molar-refractivity contribution in [2.45, 2.75) is 11.2 Å². The summed E-state index contributed by atoms with van der Waals surface area (Å²) in [5, 5.41) is 3.48. The first-order chi connectivity index (χ1) is 8.18. The van der Waals surface area contributed by atoms with Crippen molar-refractivity contribution in [1.29, 1.82) is 0 Å². The van der Waals surface area contributed by atoms with Gasteiger partial charge in [-0.15, -0.1) is 0 Å². The number of aromatic nitrogens is 2. The Morgan fingerprint density at radius 3 is 2.50 bits per heavy atom. The minimum Gasteiger partial charge on any atom is -0.256 e. The van der Waals surface area contributed by atoms with Crippen LogP contribution in [0, 0.1) is 0 Å². The van der Waals surface area contributed by atoms with Crippen molar-refractivity contribution in [3.8, 4) is 0 Å². The van der Waals surface area contributed by atoms with Crippen LogP contribution in [0.25, 0.3) is 0 Å². The Bertz CT molecular complexity index is 500. The fourth-order valence-corrected chi connectivity index (χ4v) is 3.51. The zero-order chi connectivity index (χ0) is 14.0. The predicted molar refractivity (Wildman–Crippen MR) is 61.8 cm³/mol. The Hall–Kier alpha value is -0.610. The molecule has 1 rings (SSSR count). The summed E-state index contributed by atoms with van der Waals surface area (Å²) < 4.78 is 62.5. The SMILES string of the molecule is Cn1nccc1S(=O)(=O)N(CCBr)CC(F)(F)F. The fraction of sp³-hybridized carbons (Fsp3) is 0.625. The molecule has 0 radical (unpaired) electrons. The third-order valence-corrected chi connectivity index (χ3v) is 4.34. The van der Waals surface area contributed by atoms with Gasteiger partial charge in [0.1, 0.15) is 6.54 Å². The van der Waals surface area contributed by atoms with Crippen LogP contribution in [0.3, 0.4) is 0 Å². The molecule has 0 aliphatic rings.